The first-order valence-corrected chi connectivity index (χ1v) is 9.10. The summed E-state index contributed by atoms with van der Waals surface area (Å²) in [5.41, 5.74) is 2.89. The number of rotatable bonds is 3. The first-order chi connectivity index (χ1) is 12.1. The van der Waals surface area contributed by atoms with Crippen molar-refractivity contribution in [3.05, 3.63) is 41.5 Å². The molecule has 0 aliphatic heterocycles. The van der Waals surface area contributed by atoms with Crippen LogP contribution >= 0.6 is 0 Å². The van der Waals surface area contributed by atoms with Crippen LogP contribution in [-0.2, 0) is 19.1 Å². The van der Waals surface area contributed by atoms with Crippen molar-refractivity contribution in [1.29, 1.82) is 0 Å². The molecule has 4 nitrogen and oxygen atoms in total. The Labute approximate surface area is 148 Å². The third-order valence-corrected chi connectivity index (χ3v) is 6.56. The van der Waals surface area contributed by atoms with E-state index >= 15 is 0 Å². The minimum atomic E-state index is -1.15. The largest absolute Gasteiger partial charge is 0.468 e. The molecular weight excluding hydrogens is 316 g/mol. The highest BCUT2D eigenvalue weighted by molar-refractivity contribution is 6.02. The Morgan fingerprint density at radius 1 is 1.04 bits per heavy atom. The first-order valence-electron chi connectivity index (χ1n) is 9.10. The fourth-order valence-corrected chi connectivity index (χ4v) is 5.64. The van der Waals surface area contributed by atoms with Gasteiger partial charge in [0.15, 0.2) is 5.41 Å². The molecule has 3 aliphatic carbocycles. The van der Waals surface area contributed by atoms with Crippen molar-refractivity contribution in [3.63, 3.8) is 0 Å². The van der Waals surface area contributed by atoms with Gasteiger partial charge < -0.3 is 9.47 Å². The number of allylic oxidation sites excluding steroid dienone is 2. The molecule has 3 atom stereocenters. The number of hydrogen-bond acceptors (Lipinski definition) is 4. The Kier molecular flexibility index (Phi) is 3.94. The average molecular weight is 340 g/mol. The molecule has 1 aromatic carbocycles. The van der Waals surface area contributed by atoms with Crippen molar-refractivity contribution in [1.82, 2.24) is 0 Å². The van der Waals surface area contributed by atoms with Crippen LogP contribution in [0.15, 0.2) is 35.9 Å². The molecule has 0 saturated heterocycles. The van der Waals surface area contributed by atoms with Crippen molar-refractivity contribution >= 4 is 17.5 Å². The first kappa shape index (κ1) is 16.4. The lowest BCUT2D eigenvalue weighted by Crippen LogP contribution is -2.45. The van der Waals surface area contributed by atoms with Gasteiger partial charge in [-0.15, -0.1) is 0 Å². The molecule has 0 bridgehead atoms. The third-order valence-electron chi connectivity index (χ3n) is 6.56. The molecule has 0 aromatic heterocycles. The molecule has 4 rings (SSSR count). The van der Waals surface area contributed by atoms with Gasteiger partial charge in [-0.2, -0.15) is 0 Å². The molecule has 2 saturated carbocycles. The van der Waals surface area contributed by atoms with E-state index in [0.717, 1.165) is 25.7 Å². The summed E-state index contributed by atoms with van der Waals surface area (Å²) in [7, 11) is 2.74. The van der Waals surface area contributed by atoms with Gasteiger partial charge in [-0.1, -0.05) is 42.3 Å². The number of carbonyl (C=O) groups is 2. The van der Waals surface area contributed by atoms with Gasteiger partial charge in [-0.25, -0.2) is 0 Å². The number of esters is 2. The monoisotopic (exact) mass is 340 g/mol. The molecule has 0 radical (unpaired) electrons. The Balaban J connectivity index is 1.82. The maximum absolute atomic E-state index is 12.8. The smallest absolute Gasteiger partial charge is 0.323 e. The molecule has 2 fully saturated rings. The third kappa shape index (κ3) is 2.12. The minimum Gasteiger partial charge on any atom is -0.468 e. The van der Waals surface area contributed by atoms with E-state index in [-0.39, 0.29) is 11.8 Å². The summed E-state index contributed by atoms with van der Waals surface area (Å²) in [6.45, 7) is 0. The van der Waals surface area contributed by atoms with Crippen LogP contribution in [0.2, 0.25) is 0 Å². The van der Waals surface area contributed by atoms with E-state index in [0.29, 0.717) is 12.3 Å². The second kappa shape index (κ2) is 6.01. The zero-order chi connectivity index (χ0) is 17.6. The minimum absolute atomic E-state index is 0.00219. The van der Waals surface area contributed by atoms with E-state index in [1.807, 2.05) is 18.2 Å². The maximum atomic E-state index is 12.8. The number of benzene rings is 1. The average Bonchev–Trinajstić information content (AvgIpc) is 2.79. The summed E-state index contributed by atoms with van der Waals surface area (Å²) in [5.74, 6) is -0.281. The van der Waals surface area contributed by atoms with E-state index in [9.17, 15) is 9.59 Å². The fraction of sp³-hybridized carbons (Fsp3) is 0.524. The summed E-state index contributed by atoms with van der Waals surface area (Å²) in [4.78, 5) is 25.5. The van der Waals surface area contributed by atoms with Crippen LogP contribution < -0.4 is 0 Å². The zero-order valence-corrected chi connectivity index (χ0v) is 14.8. The highest BCUT2D eigenvalue weighted by Gasteiger charge is 2.68. The van der Waals surface area contributed by atoms with Crippen LogP contribution in [0.4, 0.5) is 0 Å². The quantitative estimate of drug-likeness (QED) is 0.623. The van der Waals surface area contributed by atoms with E-state index in [1.54, 1.807) is 0 Å². The van der Waals surface area contributed by atoms with Crippen molar-refractivity contribution < 1.29 is 19.1 Å². The Morgan fingerprint density at radius 2 is 1.72 bits per heavy atom. The standard InChI is InChI=1S/C21H24O4/c1-24-19(22)21(20(23)25-2)12-15-17(13-8-4-3-5-9-13)14-10-6-7-11-16(21)18(14)15/h3-5,8-9,15-16,18H,6-7,10-12H2,1-2H3/t15-,16+,18+/m0/s1. The maximum Gasteiger partial charge on any atom is 0.323 e. The highest BCUT2D eigenvalue weighted by Crippen LogP contribution is 2.67. The van der Waals surface area contributed by atoms with Gasteiger partial charge in [0, 0.05) is 0 Å². The number of ether oxygens (including phenoxy) is 2. The van der Waals surface area contributed by atoms with Gasteiger partial charge in [0.2, 0.25) is 0 Å². The van der Waals surface area contributed by atoms with Gasteiger partial charge in [-0.3, -0.25) is 9.59 Å². The topological polar surface area (TPSA) is 52.6 Å². The summed E-state index contributed by atoms with van der Waals surface area (Å²) >= 11 is 0. The van der Waals surface area contributed by atoms with Crippen molar-refractivity contribution in [3.8, 4) is 0 Å². The molecule has 0 heterocycles. The Morgan fingerprint density at radius 3 is 2.36 bits per heavy atom. The van der Waals surface area contributed by atoms with Gasteiger partial charge in [-0.05, 0) is 54.6 Å². The summed E-state index contributed by atoms with van der Waals surface area (Å²) in [6, 6.07) is 10.4. The van der Waals surface area contributed by atoms with Crippen LogP contribution in [0.1, 0.15) is 37.7 Å². The van der Waals surface area contributed by atoms with Crippen LogP contribution in [0, 0.1) is 23.2 Å². The number of hydrogen-bond donors (Lipinski definition) is 0. The van der Waals surface area contributed by atoms with Gasteiger partial charge in [0.1, 0.15) is 0 Å². The van der Waals surface area contributed by atoms with E-state index in [2.05, 4.69) is 12.1 Å². The van der Waals surface area contributed by atoms with Crippen LogP contribution in [0.3, 0.4) is 0 Å². The van der Waals surface area contributed by atoms with Crippen molar-refractivity contribution in [2.45, 2.75) is 32.1 Å². The number of carbonyl (C=O) groups excluding carboxylic acids is 2. The molecule has 0 unspecified atom stereocenters. The molecular formula is C21H24O4. The van der Waals surface area contributed by atoms with Crippen LogP contribution in [-0.4, -0.2) is 26.2 Å². The van der Waals surface area contributed by atoms with E-state index in [1.165, 1.54) is 30.9 Å². The molecule has 0 N–H and O–H groups in total. The summed E-state index contributed by atoms with van der Waals surface area (Å²) < 4.78 is 10.2. The SMILES string of the molecule is COC(=O)C1(C(=O)OC)C[C@H]2C(c3ccccc3)=C3CCCC[C@@H]1[C@H]32. The van der Waals surface area contributed by atoms with Gasteiger partial charge in [0.25, 0.3) is 0 Å². The Bertz CT molecular complexity index is 718. The summed E-state index contributed by atoms with van der Waals surface area (Å²) in [6.07, 6.45) is 4.62. The molecule has 1 aromatic rings. The van der Waals surface area contributed by atoms with E-state index in [4.69, 9.17) is 9.47 Å². The summed E-state index contributed by atoms with van der Waals surface area (Å²) in [5, 5.41) is 0. The van der Waals surface area contributed by atoms with Crippen LogP contribution in [0.25, 0.3) is 5.57 Å². The lowest BCUT2D eigenvalue weighted by molar-refractivity contribution is -0.172. The van der Waals surface area contributed by atoms with E-state index < -0.39 is 17.4 Å². The second-order valence-electron chi connectivity index (χ2n) is 7.45. The van der Waals surface area contributed by atoms with Crippen LogP contribution in [0.5, 0.6) is 0 Å². The molecule has 25 heavy (non-hydrogen) atoms. The molecule has 132 valence electrons. The molecule has 0 amide bonds. The van der Waals surface area contributed by atoms with Gasteiger partial charge >= 0.3 is 11.9 Å². The molecule has 0 spiro atoms. The second-order valence-corrected chi connectivity index (χ2v) is 7.45. The fourth-order valence-electron chi connectivity index (χ4n) is 5.64. The Hall–Kier alpha value is -2.10. The molecule has 4 heteroatoms. The van der Waals surface area contributed by atoms with Crippen molar-refractivity contribution in [2.24, 2.45) is 23.2 Å². The molecule has 3 aliphatic rings. The lowest BCUT2D eigenvalue weighted by Gasteiger charge is -2.40. The highest BCUT2D eigenvalue weighted by atomic mass is 16.5. The lowest BCUT2D eigenvalue weighted by atomic mass is 9.64. The predicted molar refractivity (Wildman–Crippen MR) is 93.4 cm³/mol. The predicted octanol–water partition coefficient (Wildman–Crippen LogP) is 3.61. The normalized spacial score (nSPS) is 29.3. The zero-order valence-electron chi connectivity index (χ0n) is 14.8. The van der Waals surface area contributed by atoms with Crippen molar-refractivity contribution in [2.75, 3.05) is 14.2 Å². The number of methoxy groups -OCH3 is 2. The van der Waals surface area contributed by atoms with Gasteiger partial charge in [0.05, 0.1) is 14.2 Å².